The second kappa shape index (κ2) is 6.03. The lowest BCUT2D eigenvalue weighted by Crippen LogP contribution is -2.48. The van der Waals surface area contributed by atoms with Crippen LogP contribution in [0.5, 0.6) is 0 Å². The van der Waals surface area contributed by atoms with Gasteiger partial charge in [0.25, 0.3) is 0 Å². The number of nitrogens with two attached hydrogens (primary N) is 1. The average Bonchev–Trinajstić information content (AvgIpc) is 2.97. The van der Waals surface area contributed by atoms with Crippen LogP contribution in [0, 0.1) is 0 Å². The highest BCUT2D eigenvalue weighted by Crippen LogP contribution is 2.28. The molecule has 0 atom stereocenters. The Morgan fingerprint density at radius 1 is 1.14 bits per heavy atom. The number of ether oxygens (including phenoxy) is 1. The Labute approximate surface area is 125 Å². The van der Waals surface area contributed by atoms with Crippen LogP contribution in [0.25, 0.3) is 0 Å². The molecule has 1 heterocycles. The van der Waals surface area contributed by atoms with Crippen LogP contribution in [0.3, 0.4) is 0 Å². The number of hydrogen-bond acceptors (Lipinski definition) is 4. The molecule has 0 radical (unpaired) electrons. The molecule has 5 nitrogen and oxygen atoms in total. The maximum Gasteiger partial charge on any atom is 0.244 e. The number of carbonyl (C=O) groups is 1. The summed E-state index contributed by atoms with van der Waals surface area (Å²) in [6.45, 7) is 3.37. The zero-order valence-corrected chi connectivity index (χ0v) is 12.3. The molecule has 1 aromatic rings. The topological polar surface area (TPSA) is 67.6 Å². The molecule has 3 rings (SSSR count). The number of rotatable bonds is 3. The van der Waals surface area contributed by atoms with Gasteiger partial charge < -0.3 is 20.7 Å². The van der Waals surface area contributed by atoms with Gasteiger partial charge in [-0.05, 0) is 37.1 Å². The van der Waals surface area contributed by atoms with Crippen molar-refractivity contribution >= 4 is 17.3 Å². The van der Waals surface area contributed by atoms with Gasteiger partial charge in [-0.3, -0.25) is 4.79 Å². The molecule has 5 heteroatoms. The van der Waals surface area contributed by atoms with Crippen molar-refractivity contribution in [3.63, 3.8) is 0 Å². The summed E-state index contributed by atoms with van der Waals surface area (Å²) in [6.07, 6.45) is 3.65. The fraction of sp³-hybridized carbons (Fsp3) is 0.562. The molecule has 1 aliphatic carbocycles. The predicted octanol–water partition coefficient (Wildman–Crippen LogP) is 1.73. The maximum atomic E-state index is 12.3. The molecule has 0 aromatic heterocycles. The van der Waals surface area contributed by atoms with Crippen LogP contribution in [-0.4, -0.2) is 37.7 Å². The lowest BCUT2D eigenvalue weighted by Gasteiger charge is -2.29. The molecule has 1 saturated heterocycles. The molecule has 2 fully saturated rings. The molecule has 0 unspecified atom stereocenters. The molecular formula is C16H23N3O2. The number of benzene rings is 1. The Balaban J connectivity index is 1.62. The van der Waals surface area contributed by atoms with Crippen molar-refractivity contribution in [3.05, 3.63) is 24.3 Å². The summed E-state index contributed by atoms with van der Waals surface area (Å²) >= 11 is 0. The third-order valence-corrected chi connectivity index (χ3v) is 4.45. The largest absolute Gasteiger partial charge is 0.378 e. The maximum absolute atomic E-state index is 12.3. The van der Waals surface area contributed by atoms with Crippen molar-refractivity contribution in [2.75, 3.05) is 36.5 Å². The fourth-order valence-corrected chi connectivity index (χ4v) is 3.07. The predicted molar refractivity (Wildman–Crippen MR) is 83.5 cm³/mol. The van der Waals surface area contributed by atoms with Crippen molar-refractivity contribution in [1.29, 1.82) is 0 Å². The minimum Gasteiger partial charge on any atom is -0.378 e. The number of hydrogen-bond donors (Lipinski definition) is 2. The monoisotopic (exact) mass is 289 g/mol. The van der Waals surface area contributed by atoms with E-state index >= 15 is 0 Å². The quantitative estimate of drug-likeness (QED) is 0.889. The van der Waals surface area contributed by atoms with E-state index in [1.807, 2.05) is 24.3 Å². The van der Waals surface area contributed by atoms with Gasteiger partial charge in [0.05, 0.1) is 18.8 Å². The van der Waals surface area contributed by atoms with E-state index < -0.39 is 5.54 Å². The Hall–Kier alpha value is -1.59. The fourth-order valence-electron chi connectivity index (χ4n) is 3.07. The van der Waals surface area contributed by atoms with Gasteiger partial charge >= 0.3 is 0 Å². The standard InChI is InChI=1S/C16H23N3O2/c17-16(7-1-2-8-16)15(20)18-13-3-5-14(6-4-13)19-9-11-21-12-10-19/h3-6H,1-2,7-12,17H2,(H,18,20). The first-order valence-corrected chi connectivity index (χ1v) is 7.70. The van der Waals surface area contributed by atoms with E-state index in [0.29, 0.717) is 0 Å². The van der Waals surface area contributed by atoms with Crippen molar-refractivity contribution in [2.45, 2.75) is 31.2 Å². The van der Waals surface area contributed by atoms with Crippen LogP contribution in [0.2, 0.25) is 0 Å². The lowest BCUT2D eigenvalue weighted by atomic mass is 9.98. The lowest BCUT2D eigenvalue weighted by molar-refractivity contribution is -0.121. The van der Waals surface area contributed by atoms with Crippen LogP contribution in [-0.2, 0) is 9.53 Å². The van der Waals surface area contributed by atoms with Gasteiger partial charge in [0.15, 0.2) is 0 Å². The summed E-state index contributed by atoms with van der Waals surface area (Å²) < 4.78 is 5.35. The van der Waals surface area contributed by atoms with Gasteiger partial charge in [-0.25, -0.2) is 0 Å². The van der Waals surface area contributed by atoms with Gasteiger partial charge in [0.1, 0.15) is 0 Å². The summed E-state index contributed by atoms with van der Waals surface area (Å²) in [6, 6.07) is 7.97. The Bertz CT molecular complexity index is 489. The summed E-state index contributed by atoms with van der Waals surface area (Å²) in [4.78, 5) is 14.5. The number of amides is 1. The highest BCUT2D eigenvalue weighted by atomic mass is 16.5. The molecule has 2 aliphatic rings. The molecule has 1 saturated carbocycles. The van der Waals surface area contributed by atoms with Crippen LogP contribution in [0.1, 0.15) is 25.7 Å². The second-order valence-electron chi connectivity index (χ2n) is 5.96. The van der Waals surface area contributed by atoms with Crippen molar-refractivity contribution in [3.8, 4) is 0 Å². The number of anilines is 2. The third-order valence-electron chi connectivity index (χ3n) is 4.45. The summed E-state index contributed by atoms with van der Waals surface area (Å²) in [7, 11) is 0. The van der Waals surface area contributed by atoms with E-state index in [9.17, 15) is 4.79 Å². The number of carbonyl (C=O) groups excluding carboxylic acids is 1. The highest BCUT2D eigenvalue weighted by Gasteiger charge is 2.36. The first-order chi connectivity index (χ1) is 10.2. The molecule has 0 bridgehead atoms. The SMILES string of the molecule is NC1(C(=O)Nc2ccc(N3CCOCC3)cc2)CCCC1. The third kappa shape index (κ3) is 3.19. The smallest absolute Gasteiger partial charge is 0.244 e. The molecule has 1 aliphatic heterocycles. The van der Waals surface area contributed by atoms with E-state index in [1.54, 1.807) is 0 Å². The van der Waals surface area contributed by atoms with Crippen molar-refractivity contribution < 1.29 is 9.53 Å². The number of nitrogens with zero attached hydrogens (tertiary/aromatic N) is 1. The van der Waals surface area contributed by atoms with Crippen molar-refractivity contribution in [2.24, 2.45) is 5.73 Å². The molecule has 114 valence electrons. The van der Waals surface area contributed by atoms with Gasteiger partial charge in [-0.1, -0.05) is 12.8 Å². The Morgan fingerprint density at radius 3 is 2.38 bits per heavy atom. The molecule has 3 N–H and O–H groups in total. The van der Waals surface area contributed by atoms with E-state index in [4.69, 9.17) is 10.5 Å². The van der Waals surface area contributed by atoms with Crippen LogP contribution in [0.4, 0.5) is 11.4 Å². The second-order valence-corrected chi connectivity index (χ2v) is 5.96. The average molecular weight is 289 g/mol. The van der Waals surface area contributed by atoms with Gasteiger partial charge in [-0.2, -0.15) is 0 Å². The van der Waals surface area contributed by atoms with E-state index in [0.717, 1.165) is 57.7 Å². The van der Waals surface area contributed by atoms with Gasteiger partial charge in [0, 0.05) is 24.5 Å². The Morgan fingerprint density at radius 2 is 1.76 bits per heavy atom. The normalized spacial score (nSPS) is 21.3. The van der Waals surface area contributed by atoms with E-state index in [2.05, 4.69) is 10.2 Å². The first-order valence-electron chi connectivity index (χ1n) is 7.70. The molecular weight excluding hydrogens is 266 g/mol. The van der Waals surface area contributed by atoms with Crippen LogP contribution in [0.15, 0.2) is 24.3 Å². The highest BCUT2D eigenvalue weighted by molar-refractivity contribution is 5.98. The number of morpholine rings is 1. The van der Waals surface area contributed by atoms with Crippen molar-refractivity contribution in [1.82, 2.24) is 0 Å². The number of nitrogens with one attached hydrogen (secondary N) is 1. The zero-order chi connectivity index (χ0) is 14.7. The molecule has 0 spiro atoms. The zero-order valence-electron chi connectivity index (χ0n) is 12.3. The Kier molecular flexibility index (Phi) is 4.12. The van der Waals surface area contributed by atoms with Crippen LogP contribution < -0.4 is 16.0 Å². The minimum absolute atomic E-state index is 0.0564. The van der Waals surface area contributed by atoms with Gasteiger partial charge in [0.2, 0.25) is 5.91 Å². The van der Waals surface area contributed by atoms with E-state index in [1.165, 1.54) is 5.69 Å². The summed E-state index contributed by atoms with van der Waals surface area (Å²) in [5.41, 5.74) is 7.47. The minimum atomic E-state index is -0.678. The van der Waals surface area contributed by atoms with Crippen LogP contribution >= 0.6 is 0 Å². The summed E-state index contributed by atoms with van der Waals surface area (Å²) in [5, 5.41) is 2.95. The van der Waals surface area contributed by atoms with E-state index in [-0.39, 0.29) is 5.91 Å². The summed E-state index contributed by atoms with van der Waals surface area (Å²) in [5.74, 6) is -0.0564. The molecule has 21 heavy (non-hydrogen) atoms. The molecule has 1 aromatic carbocycles. The molecule has 1 amide bonds. The van der Waals surface area contributed by atoms with Gasteiger partial charge in [-0.15, -0.1) is 0 Å². The first kappa shape index (κ1) is 14.4.